The van der Waals surface area contributed by atoms with Crippen molar-refractivity contribution in [2.24, 2.45) is 0 Å². The van der Waals surface area contributed by atoms with Crippen molar-refractivity contribution in [1.29, 1.82) is 0 Å². The number of amides is 2. The molecule has 0 saturated carbocycles. The molecule has 0 unspecified atom stereocenters. The zero-order valence-corrected chi connectivity index (χ0v) is 23.4. The molecular formula is C27H38F3N5O4. The lowest BCUT2D eigenvalue weighted by molar-refractivity contribution is -0.192. The summed E-state index contributed by atoms with van der Waals surface area (Å²) in [5.41, 5.74) is 3.90. The average Bonchev–Trinajstić information content (AvgIpc) is 3.21. The molecule has 216 valence electrons. The fraction of sp³-hybridized carbons (Fsp3) is 0.593. The van der Waals surface area contributed by atoms with Crippen LogP contribution in [0.4, 0.5) is 18.0 Å². The van der Waals surface area contributed by atoms with Gasteiger partial charge in [-0.3, -0.25) is 4.90 Å². The number of ether oxygens (including phenoxy) is 1. The van der Waals surface area contributed by atoms with Crippen molar-refractivity contribution in [1.82, 2.24) is 24.3 Å². The lowest BCUT2D eigenvalue weighted by Gasteiger charge is -2.47. The minimum absolute atomic E-state index is 0.00591. The molecule has 1 N–H and O–H groups in total. The normalized spacial score (nSPS) is 16.9. The number of fused-ring (bicyclic) bond motifs is 2. The first-order valence-electron chi connectivity index (χ1n) is 12.9. The number of urea groups is 1. The van der Waals surface area contributed by atoms with Gasteiger partial charge in [0.15, 0.2) is 0 Å². The van der Waals surface area contributed by atoms with Gasteiger partial charge >= 0.3 is 18.2 Å². The number of nitrogens with zero attached hydrogens (tertiary/aromatic N) is 5. The largest absolute Gasteiger partial charge is 0.497 e. The number of methoxy groups -OCH3 is 1. The first-order chi connectivity index (χ1) is 18.2. The van der Waals surface area contributed by atoms with Crippen LogP contribution in [0.1, 0.15) is 55.5 Å². The predicted octanol–water partition coefficient (Wildman–Crippen LogP) is 4.45. The summed E-state index contributed by atoms with van der Waals surface area (Å²) in [4.78, 5) is 32.8. The highest BCUT2D eigenvalue weighted by Crippen LogP contribution is 2.43. The summed E-state index contributed by atoms with van der Waals surface area (Å²) in [6.45, 7) is 10.9. The maximum absolute atomic E-state index is 12.5. The van der Waals surface area contributed by atoms with Crippen molar-refractivity contribution in [3.8, 4) is 5.75 Å². The van der Waals surface area contributed by atoms with Crippen LogP contribution in [0.15, 0.2) is 24.3 Å². The van der Waals surface area contributed by atoms with Crippen LogP contribution in [-0.4, -0.2) is 88.4 Å². The standard InChI is InChI=1S/C25H37N5O2.C2HF3O2/c1-18(2)30-19(3)26-23-22(30)16-28(15-20-7-9-21(32-6)10-8-20)17-25(23)11-13-29(14-12-25)24(31)27(4)5;3-2(4,5)1(6)7/h7-10,18H,11-17H2,1-6H3;(H,6,7). The number of benzene rings is 1. The van der Waals surface area contributed by atoms with Crippen molar-refractivity contribution < 1.29 is 32.6 Å². The van der Waals surface area contributed by atoms with Crippen LogP contribution >= 0.6 is 0 Å². The molecule has 1 fully saturated rings. The van der Waals surface area contributed by atoms with E-state index in [2.05, 4.69) is 42.4 Å². The van der Waals surface area contributed by atoms with Crippen LogP contribution in [-0.2, 0) is 23.3 Å². The Morgan fingerprint density at radius 1 is 1.15 bits per heavy atom. The molecule has 4 rings (SSSR count). The Morgan fingerprint density at radius 3 is 2.18 bits per heavy atom. The van der Waals surface area contributed by atoms with E-state index in [1.54, 1.807) is 12.0 Å². The van der Waals surface area contributed by atoms with Gasteiger partial charge in [-0.25, -0.2) is 14.6 Å². The quantitative estimate of drug-likeness (QED) is 0.602. The number of aryl methyl sites for hydroxylation is 1. The first kappa shape index (κ1) is 30.3. The molecule has 3 heterocycles. The molecule has 1 aromatic carbocycles. The molecule has 2 aliphatic heterocycles. The Morgan fingerprint density at radius 2 is 1.72 bits per heavy atom. The fourth-order valence-corrected chi connectivity index (χ4v) is 5.53. The number of piperidine rings is 1. The highest BCUT2D eigenvalue weighted by Gasteiger charge is 2.46. The molecule has 1 saturated heterocycles. The van der Waals surface area contributed by atoms with Crippen molar-refractivity contribution >= 4 is 12.0 Å². The number of carboxylic acids is 1. The van der Waals surface area contributed by atoms with E-state index in [4.69, 9.17) is 19.6 Å². The summed E-state index contributed by atoms with van der Waals surface area (Å²) >= 11 is 0. The fourth-order valence-electron chi connectivity index (χ4n) is 5.53. The Balaban J connectivity index is 0.000000532. The minimum atomic E-state index is -5.08. The van der Waals surface area contributed by atoms with E-state index in [9.17, 15) is 18.0 Å². The maximum atomic E-state index is 12.5. The van der Waals surface area contributed by atoms with Crippen LogP contribution < -0.4 is 4.74 Å². The summed E-state index contributed by atoms with van der Waals surface area (Å²) < 4.78 is 39.5. The number of carboxylic acid groups (broad SMARTS) is 1. The van der Waals surface area contributed by atoms with Gasteiger partial charge in [0.2, 0.25) is 0 Å². The number of carbonyl (C=O) groups excluding carboxylic acids is 1. The summed E-state index contributed by atoms with van der Waals surface area (Å²) in [6.07, 6.45) is -3.18. The van der Waals surface area contributed by atoms with E-state index < -0.39 is 12.1 Å². The summed E-state index contributed by atoms with van der Waals surface area (Å²) in [7, 11) is 5.36. The molecule has 0 bridgehead atoms. The van der Waals surface area contributed by atoms with Crippen molar-refractivity contribution in [3.05, 3.63) is 47.0 Å². The van der Waals surface area contributed by atoms with Gasteiger partial charge in [-0.05, 0) is 51.3 Å². The summed E-state index contributed by atoms with van der Waals surface area (Å²) in [5.74, 6) is -0.771. The lowest BCUT2D eigenvalue weighted by Crippen LogP contribution is -2.54. The van der Waals surface area contributed by atoms with Crippen LogP contribution in [0.25, 0.3) is 0 Å². The third-order valence-corrected chi connectivity index (χ3v) is 7.29. The summed E-state index contributed by atoms with van der Waals surface area (Å²) in [6, 6.07) is 8.87. The highest BCUT2D eigenvalue weighted by atomic mass is 19.4. The molecule has 9 nitrogen and oxygen atoms in total. The third kappa shape index (κ3) is 6.84. The van der Waals surface area contributed by atoms with E-state index in [0.29, 0.717) is 6.04 Å². The zero-order valence-electron chi connectivity index (χ0n) is 23.4. The predicted molar refractivity (Wildman–Crippen MR) is 140 cm³/mol. The Hall–Kier alpha value is -3.28. The Bertz CT molecular complexity index is 1150. The first-order valence-corrected chi connectivity index (χ1v) is 12.9. The molecule has 0 radical (unpaired) electrons. The number of carbonyl (C=O) groups is 2. The smallest absolute Gasteiger partial charge is 0.490 e. The van der Waals surface area contributed by atoms with Crippen molar-refractivity contribution in [2.75, 3.05) is 40.8 Å². The Kier molecular flexibility index (Phi) is 9.20. The van der Waals surface area contributed by atoms with Crippen LogP contribution in [0, 0.1) is 6.92 Å². The van der Waals surface area contributed by atoms with Gasteiger partial charge in [0.1, 0.15) is 11.6 Å². The molecule has 12 heteroatoms. The monoisotopic (exact) mass is 553 g/mol. The minimum Gasteiger partial charge on any atom is -0.497 e. The SMILES string of the molecule is COc1ccc(CN2Cc3c(nc(C)n3C(C)C)C3(CCN(C(=O)N(C)C)CC3)C2)cc1.O=C(O)C(F)(F)F. The second kappa shape index (κ2) is 11.8. The van der Waals surface area contributed by atoms with Gasteiger partial charge in [0.05, 0.1) is 18.5 Å². The number of hydrogen-bond acceptors (Lipinski definition) is 5. The van der Waals surface area contributed by atoms with Crippen molar-refractivity contribution in [2.45, 2.75) is 64.3 Å². The van der Waals surface area contributed by atoms with Crippen LogP contribution in [0.5, 0.6) is 5.75 Å². The molecule has 0 aliphatic carbocycles. The highest BCUT2D eigenvalue weighted by molar-refractivity contribution is 5.74. The van der Waals surface area contributed by atoms with E-state index in [-0.39, 0.29) is 11.4 Å². The number of hydrogen-bond donors (Lipinski definition) is 1. The maximum Gasteiger partial charge on any atom is 0.490 e. The number of aliphatic carboxylic acids is 1. The number of rotatable bonds is 4. The van der Waals surface area contributed by atoms with Gasteiger partial charge in [0, 0.05) is 58.3 Å². The second-order valence-corrected chi connectivity index (χ2v) is 10.7. The van der Waals surface area contributed by atoms with Gasteiger partial charge in [-0.1, -0.05) is 12.1 Å². The number of likely N-dealkylation sites (tertiary alicyclic amines) is 1. The van der Waals surface area contributed by atoms with E-state index in [0.717, 1.165) is 57.1 Å². The van der Waals surface area contributed by atoms with E-state index in [1.165, 1.54) is 17.0 Å². The topological polar surface area (TPSA) is 91.1 Å². The number of imidazole rings is 1. The molecule has 2 aromatic rings. The van der Waals surface area contributed by atoms with Crippen molar-refractivity contribution in [3.63, 3.8) is 0 Å². The van der Waals surface area contributed by atoms with Crippen LogP contribution in [0.2, 0.25) is 0 Å². The number of halogens is 3. The molecule has 0 atom stereocenters. The van der Waals surface area contributed by atoms with Gasteiger partial charge in [-0.2, -0.15) is 13.2 Å². The number of alkyl halides is 3. The van der Waals surface area contributed by atoms with E-state index in [1.807, 2.05) is 31.1 Å². The molecule has 2 aliphatic rings. The zero-order chi connectivity index (χ0) is 29.1. The van der Waals surface area contributed by atoms with E-state index >= 15 is 0 Å². The number of aromatic nitrogens is 2. The molecular weight excluding hydrogens is 515 g/mol. The average molecular weight is 554 g/mol. The lowest BCUT2D eigenvalue weighted by atomic mass is 9.72. The van der Waals surface area contributed by atoms with Gasteiger partial charge in [-0.15, -0.1) is 0 Å². The van der Waals surface area contributed by atoms with Crippen LogP contribution in [0.3, 0.4) is 0 Å². The van der Waals surface area contributed by atoms with Gasteiger partial charge < -0.3 is 24.2 Å². The third-order valence-electron chi connectivity index (χ3n) is 7.29. The molecule has 1 spiro atoms. The second-order valence-electron chi connectivity index (χ2n) is 10.7. The molecule has 39 heavy (non-hydrogen) atoms. The van der Waals surface area contributed by atoms with Gasteiger partial charge in [0.25, 0.3) is 0 Å². The summed E-state index contributed by atoms with van der Waals surface area (Å²) in [5, 5.41) is 7.12. The Labute approximate surface area is 227 Å². The molecule has 2 amide bonds. The molecule has 1 aromatic heterocycles.